The molecule has 0 radical (unpaired) electrons. The van der Waals surface area contributed by atoms with Crippen molar-refractivity contribution in [2.24, 2.45) is 0 Å². The van der Waals surface area contributed by atoms with E-state index in [0.29, 0.717) is 11.7 Å². The van der Waals surface area contributed by atoms with Crippen LogP contribution in [0.1, 0.15) is 31.2 Å². The maximum Gasteiger partial charge on any atom is 0.171 e. The maximum absolute atomic E-state index is 5.76. The van der Waals surface area contributed by atoms with Crippen LogP contribution in [0.2, 0.25) is 0 Å². The van der Waals surface area contributed by atoms with Gasteiger partial charge in [-0.2, -0.15) is 4.68 Å². The van der Waals surface area contributed by atoms with Crippen LogP contribution in [0.5, 0.6) is 0 Å². The van der Waals surface area contributed by atoms with Crippen LogP contribution in [0.25, 0.3) is 5.69 Å². The molecule has 0 aliphatic carbocycles. The molecule has 0 spiro atoms. The topological polar surface area (TPSA) is 43.6 Å². The third-order valence-corrected chi connectivity index (χ3v) is 2.89. The molecule has 5 heteroatoms. The molecule has 0 atom stereocenters. The molecule has 0 aliphatic heterocycles. The normalized spacial score (nSPS) is 10.7. The first-order valence-corrected chi connectivity index (χ1v) is 6.31. The average Bonchev–Trinajstić information content (AvgIpc) is 2.85. The molecule has 0 saturated carbocycles. The van der Waals surface area contributed by atoms with Gasteiger partial charge in [-0.3, -0.25) is 0 Å². The fourth-order valence-corrected chi connectivity index (χ4v) is 1.84. The van der Waals surface area contributed by atoms with Crippen molar-refractivity contribution in [3.05, 3.63) is 35.7 Å². The van der Waals surface area contributed by atoms with Gasteiger partial charge in [-0.15, -0.1) is 16.7 Å². The van der Waals surface area contributed by atoms with Crippen LogP contribution in [-0.2, 0) is 12.3 Å². The number of alkyl halides is 1. The van der Waals surface area contributed by atoms with Gasteiger partial charge in [0.25, 0.3) is 0 Å². The van der Waals surface area contributed by atoms with E-state index in [4.69, 9.17) is 11.6 Å². The van der Waals surface area contributed by atoms with E-state index in [1.165, 1.54) is 18.4 Å². The summed E-state index contributed by atoms with van der Waals surface area (Å²) >= 11 is 5.76. The fourth-order valence-electron chi connectivity index (χ4n) is 1.67. The molecule has 1 aromatic heterocycles. The zero-order valence-corrected chi connectivity index (χ0v) is 10.6. The summed E-state index contributed by atoms with van der Waals surface area (Å²) in [5, 5.41) is 11.4. The van der Waals surface area contributed by atoms with Gasteiger partial charge in [0.15, 0.2) is 5.82 Å². The molecule has 4 nitrogen and oxygen atoms in total. The van der Waals surface area contributed by atoms with E-state index in [9.17, 15) is 0 Å². The van der Waals surface area contributed by atoms with Gasteiger partial charge in [-0.1, -0.05) is 25.5 Å². The van der Waals surface area contributed by atoms with Gasteiger partial charge in [0, 0.05) is 0 Å². The van der Waals surface area contributed by atoms with Crippen molar-refractivity contribution >= 4 is 11.6 Å². The second kappa shape index (κ2) is 5.77. The number of hydrogen-bond acceptors (Lipinski definition) is 3. The molecule has 90 valence electrons. The average molecular weight is 251 g/mol. The van der Waals surface area contributed by atoms with Gasteiger partial charge in [0.1, 0.15) is 0 Å². The molecule has 0 bridgehead atoms. The van der Waals surface area contributed by atoms with Crippen LogP contribution in [-0.4, -0.2) is 20.2 Å². The lowest BCUT2D eigenvalue weighted by Crippen LogP contribution is -2.01. The van der Waals surface area contributed by atoms with E-state index in [1.54, 1.807) is 4.68 Å². The predicted octanol–water partition coefficient (Wildman–Crippen LogP) is 2.74. The first kappa shape index (κ1) is 12.0. The Bertz CT molecular complexity index is 464. The Morgan fingerprint density at radius 2 is 2.00 bits per heavy atom. The quantitative estimate of drug-likeness (QED) is 0.767. The maximum atomic E-state index is 5.76. The molecule has 0 saturated heterocycles. The number of hydrogen-bond donors (Lipinski definition) is 0. The number of aryl methyl sites for hydroxylation is 1. The van der Waals surface area contributed by atoms with Crippen LogP contribution >= 0.6 is 11.6 Å². The number of rotatable bonds is 5. The lowest BCUT2D eigenvalue weighted by molar-refractivity contribution is 0.773. The highest BCUT2D eigenvalue weighted by molar-refractivity contribution is 6.16. The summed E-state index contributed by atoms with van der Waals surface area (Å²) in [4.78, 5) is 0. The SMILES string of the molecule is CCCCc1ccc(-n2nnnc2CCl)cc1. The minimum Gasteiger partial charge on any atom is -0.196 e. The van der Waals surface area contributed by atoms with Gasteiger partial charge in [0.2, 0.25) is 0 Å². The van der Waals surface area contributed by atoms with Gasteiger partial charge < -0.3 is 0 Å². The summed E-state index contributed by atoms with van der Waals surface area (Å²) in [6.45, 7) is 2.20. The monoisotopic (exact) mass is 250 g/mol. The summed E-state index contributed by atoms with van der Waals surface area (Å²) in [5.74, 6) is 0.970. The second-order valence-corrected chi connectivity index (χ2v) is 4.18. The van der Waals surface area contributed by atoms with Crippen LogP contribution in [0.4, 0.5) is 0 Å². The van der Waals surface area contributed by atoms with E-state index in [1.807, 2.05) is 12.1 Å². The van der Waals surface area contributed by atoms with Crippen molar-refractivity contribution in [2.75, 3.05) is 0 Å². The molecular weight excluding hydrogens is 236 g/mol. The largest absolute Gasteiger partial charge is 0.196 e. The Morgan fingerprint density at radius 1 is 1.24 bits per heavy atom. The highest BCUT2D eigenvalue weighted by atomic mass is 35.5. The van der Waals surface area contributed by atoms with Crippen molar-refractivity contribution in [1.29, 1.82) is 0 Å². The van der Waals surface area contributed by atoms with Crippen molar-refractivity contribution in [3.8, 4) is 5.69 Å². The first-order chi connectivity index (χ1) is 8.35. The van der Waals surface area contributed by atoms with Gasteiger partial charge in [0.05, 0.1) is 11.6 Å². The molecular formula is C12H15ClN4. The number of benzene rings is 1. The number of halogens is 1. The molecule has 1 aromatic carbocycles. The van der Waals surface area contributed by atoms with Crippen molar-refractivity contribution in [3.63, 3.8) is 0 Å². The van der Waals surface area contributed by atoms with E-state index in [0.717, 1.165) is 12.1 Å². The van der Waals surface area contributed by atoms with Gasteiger partial charge in [-0.25, -0.2) is 0 Å². The van der Waals surface area contributed by atoms with E-state index >= 15 is 0 Å². The van der Waals surface area contributed by atoms with Gasteiger partial charge >= 0.3 is 0 Å². The Kier molecular flexibility index (Phi) is 4.09. The molecule has 0 N–H and O–H groups in total. The van der Waals surface area contributed by atoms with Crippen molar-refractivity contribution < 1.29 is 0 Å². The minimum absolute atomic E-state index is 0.310. The van der Waals surface area contributed by atoms with Crippen molar-refractivity contribution in [1.82, 2.24) is 20.2 Å². The summed E-state index contributed by atoms with van der Waals surface area (Å²) in [6, 6.07) is 8.28. The lowest BCUT2D eigenvalue weighted by atomic mass is 10.1. The van der Waals surface area contributed by atoms with E-state index < -0.39 is 0 Å². The first-order valence-electron chi connectivity index (χ1n) is 5.77. The molecule has 0 unspecified atom stereocenters. The Balaban J connectivity index is 2.17. The Hall–Kier alpha value is -1.42. The fraction of sp³-hybridized carbons (Fsp3) is 0.417. The smallest absolute Gasteiger partial charge is 0.171 e. The molecule has 2 aromatic rings. The van der Waals surface area contributed by atoms with E-state index in [-0.39, 0.29) is 0 Å². The number of unbranched alkanes of at least 4 members (excludes halogenated alkanes) is 1. The van der Waals surface area contributed by atoms with Crippen molar-refractivity contribution in [2.45, 2.75) is 32.1 Å². The summed E-state index contributed by atoms with van der Waals surface area (Å²) in [7, 11) is 0. The molecule has 17 heavy (non-hydrogen) atoms. The zero-order valence-electron chi connectivity index (χ0n) is 9.80. The zero-order chi connectivity index (χ0) is 12.1. The highest BCUT2D eigenvalue weighted by Gasteiger charge is 2.06. The predicted molar refractivity (Wildman–Crippen MR) is 67.3 cm³/mol. The number of nitrogens with zero attached hydrogens (tertiary/aromatic N) is 4. The standard InChI is InChI=1S/C12H15ClN4/c1-2-3-4-10-5-7-11(8-6-10)17-12(9-13)14-15-16-17/h5-8H,2-4,9H2,1H3. The second-order valence-electron chi connectivity index (χ2n) is 3.91. The molecule has 0 fully saturated rings. The Labute approximate surface area is 106 Å². The number of tetrazole rings is 1. The van der Waals surface area contributed by atoms with Crippen LogP contribution in [0, 0.1) is 0 Å². The molecule has 0 amide bonds. The van der Waals surface area contributed by atoms with Gasteiger partial charge in [-0.05, 0) is 41.0 Å². The lowest BCUT2D eigenvalue weighted by Gasteiger charge is -2.04. The summed E-state index contributed by atoms with van der Waals surface area (Å²) in [6.07, 6.45) is 3.55. The van der Waals surface area contributed by atoms with Crippen LogP contribution < -0.4 is 0 Å². The minimum atomic E-state index is 0.310. The number of aromatic nitrogens is 4. The summed E-state index contributed by atoms with van der Waals surface area (Å²) in [5.41, 5.74) is 2.29. The summed E-state index contributed by atoms with van der Waals surface area (Å²) < 4.78 is 1.66. The Morgan fingerprint density at radius 3 is 2.65 bits per heavy atom. The molecule has 1 heterocycles. The highest BCUT2D eigenvalue weighted by Crippen LogP contribution is 2.12. The molecule has 0 aliphatic rings. The van der Waals surface area contributed by atoms with Crippen LogP contribution in [0.15, 0.2) is 24.3 Å². The van der Waals surface area contributed by atoms with E-state index in [2.05, 4.69) is 34.6 Å². The van der Waals surface area contributed by atoms with Crippen LogP contribution in [0.3, 0.4) is 0 Å². The third-order valence-electron chi connectivity index (χ3n) is 2.65. The third kappa shape index (κ3) is 2.82. The molecule has 2 rings (SSSR count).